The predicted octanol–water partition coefficient (Wildman–Crippen LogP) is 4.55. The topological polar surface area (TPSA) is 0 Å². The Morgan fingerprint density at radius 3 is 1.21 bits per heavy atom. The number of hydrogen-bond acceptors (Lipinski definition) is 0. The first-order valence-corrected chi connectivity index (χ1v) is 16.0. The van der Waals surface area contributed by atoms with Gasteiger partial charge >= 0.3 is 0 Å². The van der Waals surface area contributed by atoms with Gasteiger partial charge in [0.1, 0.15) is 0 Å². The maximum atomic E-state index is 4.11. The highest BCUT2D eigenvalue weighted by Gasteiger charge is 2.34. The van der Waals surface area contributed by atoms with Crippen molar-refractivity contribution in [3.63, 3.8) is 0 Å². The molecule has 0 aliphatic carbocycles. The molecular weight excluding hydrogens is 216 g/mol. The molecular formula is C11H28Si3. The molecule has 0 atom stereocenters. The fourth-order valence-electron chi connectivity index (χ4n) is 2.63. The third-order valence-electron chi connectivity index (χ3n) is 2.36. The van der Waals surface area contributed by atoms with Gasteiger partial charge in [-0.3, -0.25) is 0 Å². The van der Waals surface area contributed by atoms with Crippen molar-refractivity contribution < 1.29 is 0 Å². The monoisotopic (exact) mass is 244 g/mol. The van der Waals surface area contributed by atoms with E-state index in [0.29, 0.717) is 0 Å². The van der Waals surface area contributed by atoms with Gasteiger partial charge in [0.25, 0.3) is 0 Å². The molecule has 0 amide bonds. The van der Waals surface area contributed by atoms with E-state index in [1.54, 1.807) is 0 Å². The Hall–Kier alpha value is 0.391. The molecule has 14 heavy (non-hydrogen) atoms. The zero-order valence-corrected chi connectivity index (χ0v) is 14.2. The maximum absolute atomic E-state index is 4.11. The zero-order valence-electron chi connectivity index (χ0n) is 11.2. The third-order valence-corrected chi connectivity index (χ3v) is 18.3. The minimum Gasteiger partial charge on any atom is -0.107 e. The molecule has 0 bridgehead atoms. The molecule has 0 nitrogen and oxygen atoms in total. The summed E-state index contributed by atoms with van der Waals surface area (Å²) in [6.45, 7) is 21.6. The minimum atomic E-state index is -1.11. The van der Waals surface area contributed by atoms with Gasteiger partial charge in [-0.25, -0.2) is 0 Å². The van der Waals surface area contributed by atoms with E-state index in [0.717, 1.165) is 0 Å². The highest BCUT2D eigenvalue weighted by Crippen LogP contribution is 2.28. The minimum absolute atomic E-state index is 0.901. The summed E-state index contributed by atoms with van der Waals surface area (Å²) in [4.78, 5) is 0. The van der Waals surface area contributed by atoms with Crippen LogP contribution in [0.15, 0.2) is 12.3 Å². The summed E-state index contributed by atoms with van der Waals surface area (Å²) in [6, 6.07) is 0. The van der Waals surface area contributed by atoms with Crippen LogP contribution in [-0.2, 0) is 0 Å². The van der Waals surface area contributed by atoms with E-state index in [4.69, 9.17) is 0 Å². The molecule has 0 aliphatic rings. The van der Waals surface area contributed by atoms with Crippen LogP contribution in [0.3, 0.4) is 0 Å². The molecule has 0 spiro atoms. The Labute approximate surface area is 93.8 Å². The summed E-state index contributed by atoms with van der Waals surface area (Å²) in [5, 5.41) is 0. The molecule has 0 aliphatic heterocycles. The smallest absolute Gasteiger partial charge is 0.0688 e. The normalized spacial score (nSPS) is 14.2. The zero-order chi connectivity index (χ0) is 11.6. The second-order valence-corrected chi connectivity index (χ2v) is 24.1. The van der Waals surface area contributed by atoms with Crippen LogP contribution in [-0.4, -0.2) is 24.2 Å². The second kappa shape index (κ2) is 4.49. The van der Waals surface area contributed by atoms with Gasteiger partial charge in [0, 0.05) is 16.1 Å². The highest BCUT2D eigenvalue weighted by molar-refractivity contribution is 7.04. The molecule has 84 valence electrons. The van der Waals surface area contributed by atoms with Crippen LogP contribution in [0.1, 0.15) is 0 Å². The predicted molar refractivity (Wildman–Crippen MR) is 78.1 cm³/mol. The third kappa shape index (κ3) is 6.79. The Morgan fingerprint density at radius 2 is 1.07 bits per heavy atom. The van der Waals surface area contributed by atoms with Gasteiger partial charge in [0.2, 0.25) is 0 Å². The maximum Gasteiger partial charge on any atom is 0.0688 e. The first-order chi connectivity index (χ1) is 5.97. The fourth-order valence-corrected chi connectivity index (χ4v) is 24.8. The van der Waals surface area contributed by atoms with Crippen molar-refractivity contribution in [1.29, 1.82) is 0 Å². The van der Waals surface area contributed by atoms with Crippen molar-refractivity contribution in [2.24, 2.45) is 0 Å². The van der Waals surface area contributed by atoms with Gasteiger partial charge in [-0.2, -0.15) is 0 Å². The van der Waals surface area contributed by atoms with Gasteiger partial charge in [0.05, 0.1) is 8.07 Å². The summed E-state index contributed by atoms with van der Waals surface area (Å²) in [5.74, 6) is 0. The largest absolute Gasteiger partial charge is 0.107 e. The SMILES string of the molecule is C=C[Si](C)(C[Si](C)(C)C)C[Si](C)(C)C. The molecule has 0 fully saturated rings. The van der Waals surface area contributed by atoms with E-state index in [1.807, 2.05) is 0 Å². The summed E-state index contributed by atoms with van der Waals surface area (Å²) in [5.41, 5.74) is 5.39. The van der Waals surface area contributed by atoms with Crippen molar-refractivity contribution in [1.82, 2.24) is 0 Å². The van der Waals surface area contributed by atoms with Crippen LogP contribution >= 0.6 is 0 Å². The van der Waals surface area contributed by atoms with Crippen molar-refractivity contribution >= 4 is 24.2 Å². The van der Waals surface area contributed by atoms with Crippen LogP contribution in [0, 0.1) is 0 Å². The van der Waals surface area contributed by atoms with Gasteiger partial charge < -0.3 is 0 Å². The van der Waals surface area contributed by atoms with E-state index < -0.39 is 24.2 Å². The number of rotatable bonds is 5. The highest BCUT2D eigenvalue weighted by atomic mass is 28.4. The molecule has 0 saturated heterocycles. The van der Waals surface area contributed by atoms with Crippen molar-refractivity contribution in [3.05, 3.63) is 12.3 Å². The van der Waals surface area contributed by atoms with Gasteiger partial charge in [-0.05, 0) is 0 Å². The lowest BCUT2D eigenvalue weighted by molar-refractivity contribution is 1.47. The molecule has 0 radical (unpaired) electrons. The molecule has 0 unspecified atom stereocenters. The molecule has 0 aromatic heterocycles. The van der Waals surface area contributed by atoms with E-state index in [1.165, 1.54) is 11.3 Å². The fraction of sp³-hybridized carbons (Fsp3) is 0.818. The molecule has 0 rings (SSSR count). The first kappa shape index (κ1) is 14.4. The van der Waals surface area contributed by atoms with Crippen LogP contribution in [0.2, 0.25) is 57.2 Å². The van der Waals surface area contributed by atoms with Gasteiger partial charge in [0.15, 0.2) is 0 Å². The first-order valence-electron chi connectivity index (χ1n) is 5.61. The molecule has 0 aromatic carbocycles. The summed E-state index contributed by atoms with van der Waals surface area (Å²) < 4.78 is 0. The standard InChI is InChI=1S/C11H28Si3/c1-9-14(8,10-12(2,3)4)11-13(5,6)7/h9H,1,10-11H2,2-8H3. The van der Waals surface area contributed by atoms with Crippen molar-refractivity contribution in [2.45, 2.75) is 57.2 Å². The lowest BCUT2D eigenvalue weighted by atomic mass is 11.3. The van der Waals surface area contributed by atoms with Gasteiger partial charge in [-0.15, -0.1) is 12.3 Å². The van der Waals surface area contributed by atoms with Crippen LogP contribution < -0.4 is 0 Å². The molecule has 3 heteroatoms. The Kier molecular flexibility index (Phi) is 4.62. The molecule has 0 heterocycles. The van der Waals surface area contributed by atoms with Gasteiger partial charge in [-0.1, -0.05) is 57.2 Å². The van der Waals surface area contributed by atoms with E-state index in [-0.39, 0.29) is 0 Å². The summed E-state index contributed by atoms with van der Waals surface area (Å²) in [7, 11) is -2.91. The Morgan fingerprint density at radius 1 is 0.786 bits per heavy atom. The lowest BCUT2D eigenvalue weighted by Gasteiger charge is -2.34. The summed E-state index contributed by atoms with van der Waals surface area (Å²) in [6.07, 6.45) is 0. The lowest BCUT2D eigenvalue weighted by Crippen LogP contribution is -2.44. The van der Waals surface area contributed by atoms with Crippen LogP contribution in [0.25, 0.3) is 0 Å². The summed E-state index contributed by atoms with van der Waals surface area (Å²) >= 11 is 0. The van der Waals surface area contributed by atoms with Crippen molar-refractivity contribution in [2.75, 3.05) is 0 Å². The Balaban J connectivity index is 4.57. The molecule has 0 N–H and O–H groups in total. The van der Waals surface area contributed by atoms with E-state index in [9.17, 15) is 0 Å². The molecule has 0 saturated carbocycles. The quantitative estimate of drug-likeness (QED) is 0.623. The van der Waals surface area contributed by atoms with E-state index in [2.05, 4.69) is 58.1 Å². The van der Waals surface area contributed by atoms with Crippen LogP contribution in [0.4, 0.5) is 0 Å². The Bertz CT molecular complexity index is 180. The second-order valence-electron chi connectivity index (χ2n) is 7.33. The molecule has 0 aromatic rings. The average Bonchev–Trinajstić information content (AvgIpc) is 1.78. The average molecular weight is 245 g/mol. The van der Waals surface area contributed by atoms with Crippen molar-refractivity contribution in [3.8, 4) is 0 Å². The van der Waals surface area contributed by atoms with Crippen LogP contribution in [0.5, 0.6) is 0 Å². The number of hydrogen-bond donors (Lipinski definition) is 0. The van der Waals surface area contributed by atoms with E-state index >= 15 is 0 Å².